The lowest BCUT2D eigenvalue weighted by Crippen LogP contribution is -2.42. The SMILES string of the molecule is C=C1C(=CC=C2CCC[C@]3(C)[C@@H]([C@H](C)C=C[C@@H](O)C(C)(C)OC(=O)N(C)C)CC[C@@H]23)C[C@@H](O)C[C@@H]1O. The molecule has 3 fully saturated rings. The van der Waals surface area contributed by atoms with E-state index in [4.69, 9.17) is 4.74 Å². The van der Waals surface area contributed by atoms with Gasteiger partial charge in [0.25, 0.3) is 0 Å². The van der Waals surface area contributed by atoms with Gasteiger partial charge in [-0.05, 0) is 86.7 Å². The lowest BCUT2D eigenvalue weighted by Gasteiger charge is -2.44. The summed E-state index contributed by atoms with van der Waals surface area (Å²) in [6, 6.07) is 0. The van der Waals surface area contributed by atoms with Gasteiger partial charge in [-0.2, -0.15) is 0 Å². The highest BCUT2D eigenvalue weighted by Crippen LogP contribution is 2.59. The first-order valence-corrected chi connectivity index (χ1v) is 13.5. The van der Waals surface area contributed by atoms with Gasteiger partial charge >= 0.3 is 6.09 Å². The highest BCUT2D eigenvalue weighted by Gasteiger charge is 2.50. The number of nitrogens with zero attached hydrogens (tertiary/aromatic N) is 1. The molecule has 1 amide bonds. The second-order valence-corrected chi connectivity index (χ2v) is 12.2. The van der Waals surface area contributed by atoms with Crippen molar-refractivity contribution in [3.05, 3.63) is 47.6 Å². The van der Waals surface area contributed by atoms with E-state index in [9.17, 15) is 20.1 Å². The van der Waals surface area contributed by atoms with E-state index >= 15 is 0 Å². The van der Waals surface area contributed by atoms with Crippen molar-refractivity contribution in [2.75, 3.05) is 14.1 Å². The van der Waals surface area contributed by atoms with Crippen molar-refractivity contribution < 1.29 is 24.9 Å². The zero-order valence-corrected chi connectivity index (χ0v) is 23.0. The molecule has 36 heavy (non-hydrogen) atoms. The first-order valence-electron chi connectivity index (χ1n) is 13.5. The fourth-order valence-corrected chi connectivity index (χ4v) is 6.63. The van der Waals surface area contributed by atoms with E-state index < -0.39 is 30.0 Å². The normalized spacial score (nSPS) is 35.2. The molecule has 3 rings (SSSR count). The molecule has 0 aromatic heterocycles. The van der Waals surface area contributed by atoms with E-state index in [0.717, 1.165) is 36.8 Å². The van der Waals surface area contributed by atoms with Crippen LogP contribution in [0.5, 0.6) is 0 Å². The number of allylic oxidation sites excluding steroid dienone is 4. The van der Waals surface area contributed by atoms with Gasteiger partial charge < -0.3 is 25.0 Å². The molecule has 202 valence electrons. The maximum Gasteiger partial charge on any atom is 0.409 e. The summed E-state index contributed by atoms with van der Waals surface area (Å²) >= 11 is 0. The molecule has 0 unspecified atom stereocenters. The Hall–Kier alpha value is -1.89. The van der Waals surface area contributed by atoms with E-state index in [1.165, 1.54) is 16.9 Å². The molecule has 3 aliphatic carbocycles. The minimum absolute atomic E-state index is 0.187. The van der Waals surface area contributed by atoms with Crippen LogP contribution in [0.2, 0.25) is 0 Å². The second kappa shape index (κ2) is 11.2. The minimum Gasteiger partial charge on any atom is -0.440 e. The number of rotatable bonds is 6. The predicted octanol–water partition coefficient (Wildman–Crippen LogP) is 5.16. The largest absolute Gasteiger partial charge is 0.440 e. The van der Waals surface area contributed by atoms with Gasteiger partial charge in [-0.15, -0.1) is 0 Å². The highest BCUT2D eigenvalue weighted by atomic mass is 16.6. The third-order valence-corrected chi connectivity index (χ3v) is 8.96. The van der Waals surface area contributed by atoms with Crippen molar-refractivity contribution in [3.63, 3.8) is 0 Å². The lowest BCUT2D eigenvalue weighted by atomic mass is 9.61. The Balaban J connectivity index is 1.71. The number of carbonyl (C=O) groups excluding carboxylic acids is 1. The van der Waals surface area contributed by atoms with Crippen molar-refractivity contribution in [1.82, 2.24) is 4.90 Å². The summed E-state index contributed by atoms with van der Waals surface area (Å²) in [6.07, 6.45) is 12.3. The average Bonchev–Trinajstić information content (AvgIpc) is 3.15. The van der Waals surface area contributed by atoms with Gasteiger partial charge in [0.2, 0.25) is 0 Å². The van der Waals surface area contributed by atoms with Crippen LogP contribution < -0.4 is 0 Å². The van der Waals surface area contributed by atoms with Crippen LogP contribution in [0.4, 0.5) is 4.79 Å². The van der Waals surface area contributed by atoms with Crippen LogP contribution in [-0.2, 0) is 4.74 Å². The Bertz CT molecular complexity index is 916. The number of fused-ring (bicyclic) bond motifs is 1. The maximum atomic E-state index is 12.0. The fourth-order valence-electron chi connectivity index (χ4n) is 6.63. The monoisotopic (exact) mass is 501 g/mol. The number of ether oxygens (including phenoxy) is 1. The molecule has 0 saturated heterocycles. The van der Waals surface area contributed by atoms with Gasteiger partial charge in [0.1, 0.15) is 11.7 Å². The molecule has 0 spiro atoms. The molecule has 0 radical (unpaired) electrons. The van der Waals surface area contributed by atoms with Crippen LogP contribution in [0.3, 0.4) is 0 Å². The zero-order valence-electron chi connectivity index (χ0n) is 23.0. The second-order valence-electron chi connectivity index (χ2n) is 12.2. The topological polar surface area (TPSA) is 90.2 Å². The third-order valence-electron chi connectivity index (χ3n) is 8.96. The molecule has 0 heterocycles. The third kappa shape index (κ3) is 6.15. The molecular formula is C30H47NO5. The zero-order chi connectivity index (χ0) is 26.8. The van der Waals surface area contributed by atoms with Crippen molar-refractivity contribution in [2.45, 2.75) is 96.6 Å². The Morgan fingerprint density at radius 3 is 2.58 bits per heavy atom. The summed E-state index contributed by atoms with van der Waals surface area (Å²) < 4.78 is 5.47. The average molecular weight is 502 g/mol. The first-order chi connectivity index (χ1) is 16.8. The summed E-state index contributed by atoms with van der Waals surface area (Å²) in [6.45, 7) is 12.2. The molecule has 0 aromatic carbocycles. The summed E-state index contributed by atoms with van der Waals surface area (Å²) in [5, 5.41) is 31.0. The molecule has 0 bridgehead atoms. The van der Waals surface area contributed by atoms with Crippen molar-refractivity contribution in [1.29, 1.82) is 0 Å². The van der Waals surface area contributed by atoms with Crippen LogP contribution >= 0.6 is 0 Å². The molecule has 3 saturated carbocycles. The van der Waals surface area contributed by atoms with E-state index in [1.807, 2.05) is 0 Å². The number of amides is 1. The maximum absolute atomic E-state index is 12.0. The van der Waals surface area contributed by atoms with Crippen LogP contribution in [-0.4, -0.2) is 64.3 Å². The number of aliphatic hydroxyl groups is 3. The Morgan fingerprint density at radius 2 is 1.92 bits per heavy atom. The van der Waals surface area contributed by atoms with Gasteiger partial charge in [-0.25, -0.2) is 4.79 Å². The lowest BCUT2D eigenvalue weighted by molar-refractivity contribution is -0.0457. The molecule has 7 atom stereocenters. The molecular weight excluding hydrogens is 454 g/mol. The Labute approximate surface area is 217 Å². The summed E-state index contributed by atoms with van der Waals surface area (Å²) in [4.78, 5) is 13.3. The summed E-state index contributed by atoms with van der Waals surface area (Å²) in [5.74, 6) is 1.30. The highest BCUT2D eigenvalue weighted by molar-refractivity contribution is 5.67. The molecule has 6 nitrogen and oxygen atoms in total. The van der Waals surface area contributed by atoms with Crippen molar-refractivity contribution in [2.24, 2.45) is 23.2 Å². The van der Waals surface area contributed by atoms with Crippen LogP contribution in [0.15, 0.2) is 47.6 Å². The van der Waals surface area contributed by atoms with E-state index in [-0.39, 0.29) is 11.3 Å². The van der Waals surface area contributed by atoms with E-state index in [1.54, 1.807) is 34.0 Å². The first kappa shape index (κ1) is 28.7. The van der Waals surface area contributed by atoms with Crippen molar-refractivity contribution >= 4 is 6.09 Å². The standard InChI is InChI=1S/C30H47NO5/c1-19(10-15-27(34)29(3,4)36-28(35)31(6)7)24-13-14-25-21(9-8-16-30(24,25)5)11-12-22-17-23(32)18-26(33)20(22)2/h10-12,15,19,23-27,32-34H,2,8-9,13-14,16-18H2,1,3-7H3/t19-,23-,24-,25+,26+,27-,30-/m1/s1. The van der Waals surface area contributed by atoms with E-state index in [0.29, 0.717) is 24.7 Å². The van der Waals surface area contributed by atoms with Gasteiger partial charge in [-0.3, -0.25) is 0 Å². The molecule has 3 N–H and O–H groups in total. The van der Waals surface area contributed by atoms with Gasteiger partial charge in [-0.1, -0.05) is 50.3 Å². The van der Waals surface area contributed by atoms with Crippen molar-refractivity contribution in [3.8, 4) is 0 Å². The molecule has 3 aliphatic rings. The van der Waals surface area contributed by atoms with E-state index in [2.05, 4.69) is 38.7 Å². The summed E-state index contributed by atoms with van der Waals surface area (Å²) in [7, 11) is 3.25. The predicted molar refractivity (Wildman–Crippen MR) is 143 cm³/mol. The quantitative estimate of drug-likeness (QED) is 0.438. The number of hydrogen-bond acceptors (Lipinski definition) is 5. The van der Waals surface area contributed by atoms with Gasteiger partial charge in [0.05, 0.1) is 12.2 Å². The van der Waals surface area contributed by atoms with Crippen LogP contribution in [0.25, 0.3) is 0 Å². The minimum atomic E-state index is -1.02. The number of carbonyl (C=O) groups is 1. The smallest absolute Gasteiger partial charge is 0.409 e. The molecule has 0 aliphatic heterocycles. The van der Waals surface area contributed by atoms with Crippen LogP contribution in [0.1, 0.15) is 72.6 Å². The fraction of sp³-hybridized carbons (Fsp3) is 0.700. The molecule has 6 heteroatoms. The Morgan fingerprint density at radius 1 is 1.22 bits per heavy atom. The van der Waals surface area contributed by atoms with Gasteiger partial charge in [0, 0.05) is 20.5 Å². The number of hydrogen-bond donors (Lipinski definition) is 3. The summed E-state index contributed by atoms with van der Waals surface area (Å²) in [5.41, 5.74) is 2.33. The molecule has 0 aromatic rings. The van der Waals surface area contributed by atoms with Crippen LogP contribution in [0, 0.1) is 23.2 Å². The van der Waals surface area contributed by atoms with Gasteiger partial charge in [0.15, 0.2) is 0 Å². The Kier molecular flexibility index (Phi) is 8.95. The number of aliphatic hydroxyl groups excluding tert-OH is 3.